The van der Waals surface area contributed by atoms with Crippen molar-refractivity contribution in [2.75, 3.05) is 16.8 Å². The smallest absolute Gasteiger partial charge is 0.294 e. The number of nitrogens with zero attached hydrogens (tertiary/aromatic N) is 3. The number of amides is 1. The molecule has 7 nitrogen and oxygen atoms in total. The van der Waals surface area contributed by atoms with Gasteiger partial charge in [-0.2, -0.15) is 0 Å². The van der Waals surface area contributed by atoms with Crippen molar-refractivity contribution in [1.29, 1.82) is 0 Å². The SMILES string of the molecule is CCCSc1nnc(SCC(=O)Nc2ccc(Cl)cc2[N+](=O)[O-])s1. The first-order valence-corrected chi connectivity index (χ1v) is 9.99. The van der Waals surface area contributed by atoms with E-state index < -0.39 is 4.92 Å². The van der Waals surface area contributed by atoms with Gasteiger partial charge in [0.05, 0.1) is 10.7 Å². The summed E-state index contributed by atoms with van der Waals surface area (Å²) >= 11 is 10.0. The minimum absolute atomic E-state index is 0.0901. The third-order valence-electron chi connectivity index (χ3n) is 2.57. The molecule has 0 unspecified atom stereocenters. The molecule has 0 aliphatic carbocycles. The number of aromatic nitrogens is 2. The van der Waals surface area contributed by atoms with Gasteiger partial charge in [0.1, 0.15) is 5.69 Å². The van der Waals surface area contributed by atoms with Crippen molar-refractivity contribution >= 4 is 63.7 Å². The van der Waals surface area contributed by atoms with E-state index in [1.54, 1.807) is 11.8 Å². The molecule has 0 aliphatic rings. The van der Waals surface area contributed by atoms with E-state index in [2.05, 4.69) is 22.4 Å². The lowest BCUT2D eigenvalue weighted by atomic mass is 10.2. The highest BCUT2D eigenvalue weighted by molar-refractivity contribution is 8.03. The summed E-state index contributed by atoms with van der Waals surface area (Å²) in [6.07, 6.45) is 1.05. The quantitative estimate of drug-likeness (QED) is 0.397. The lowest BCUT2D eigenvalue weighted by Gasteiger charge is -2.05. The lowest BCUT2D eigenvalue weighted by Crippen LogP contribution is -2.15. The van der Waals surface area contributed by atoms with E-state index in [9.17, 15) is 14.9 Å². The molecule has 1 amide bonds. The van der Waals surface area contributed by atoms with E-state index in [0.29, 0.717) is 4.34 Å². The summed E-state index contributed by atoms with van der Waals surface area (Å²) in [5.74, 6) is 0.704. The van der Waals surface area contributed by atoms with Crippen molar-refractivity contribution in [3.8, 4) is 0 Å². The Morgan fingerprint density at radius 1 is 1.38 bits per heavy atom. The van der Waals surface area contributed by atoms with Crippen molar-refractivity contribution in [2.24, 2.45) is 0 Å². The van der Waals surface area contributed by atoms with Crippen LogP contribution >= 0.6 is 46.5 Å². The number of hydrogen-bond donors (Lipinski definition) is 1. The van der Waals surface area contributed by atoms with Crippen molar-refractivity contribution in [3.05, 3.63) is 33.3 Å². The first-order valence-electron chi connectivity index (χ1n) is 6.82. The minimum atomic E-state index is -0.587. The van der Waals surface area contributed by atoms with Crippen molar-refractivity contribution in [1.82, 2.24) is 10.2 Å². The van der Waals surface area contributed by atoms with Gasteiger partial charge in [-0.1, -0.05) is 53.4 Å². The number of nitrogens with one attached hydrogen (secondary N) is 1. The molecule has 0 fully saturated rings. The van der Waals surface area contributed by atoms with Crippen LogP contribution in [-0.4, -0.2) is 32.5 Å². The van der Waals surface area contributed by atoms with Crippen LogP contribution in [0.5, 0.6) is 0 Å². The Morgan fingerprint density at radius 3 is 2.75 bits per heavy atom. The summed E-state index contributed by atoms with van der Waals surface area (Å²) in [6.45, 7) is 2.09. The Balaban J connectivity index is 1.92. The fourth-order valence-corrected chi connectivity index (χ4v) is 4.49. The molecule has 0 saturated carbocycles. The van der Waals surface area contributed by atoms with Crippen molar-refractivity contribution in [2.45, 2.75) is 22.0 Å². The summed E-state index contributed by atoms with van der Waals surface area (Å²) in [5.41, 5.74) is -0.124. The number of anilines is 1. The second-order valence-electron chi connectivity index (χ2n) is 4.44. The molecular formula is C13H13ClN4O3S3. The first kappa shape index (κ1) is 19.0. The summed E-state index contributed by atoms with van der Waals surface area (Å²) in [7, 11) is 0. The Bertz CT molecular complexity index is 741. The monoisotopic (exact) mass is 404 g/mol. The van der Waals surface area contributed by atoms with Crippen molar-refractivity contribution < 1.29 is 9.72 Å². The molecule has 0 radical (unpaired) electrons. The molecule has 0 aliphatic heterocycles. The van der Waals surface area contributed by atoms with Crippen LogP contribution in [0.4, 0.5) is 11.4 Å². The zero-order valence-corrected chi connectivity index (χ0v) is 15.7. The molecular weight excluding hydrogens is 392 g/mol. The maximum atomic E-state index is 12.0. The fraction of sp³-hybridized carbons (Fsp3) is 0.308. The van der Waals surface area contributed by atoms with Crippen LogP contribution in [0.25, 0.3) is 0 Å². The number of rotatable bonds is 8. The maximum Gasteiger partial charge on any atom is 0.294 e. The van der Waals surface area contributed by atoms with Crippen LogP contribution in [0, 0.1) is 10.1 Å². The number of benzene rings is 1. The third-order valence-corrected chi connectivity index (χ3v) is 6.21. The highest BCUT2D eigenvalue weighted by Crippen LogP contribution is 2.30. The van der Waals surface area contributed by atoms with Crippen LogP contribution in [0.1, 0.15) is 13.3 Å². The van der Waals surface area contributed by atoms with Gasteiger partial charge in [0.2, 0.25) is 5.91 Å². The summed E-state index contributed by atoms with van der Waals surface area (Å²) in [5, 5.41) is 21.8. The summed E-state index contributed by atoms with van der Waals surface area (Å²) in [6, 6.07) is 4.10. The zero-order chi connectivity index (χ0) is 17.5. The van der Waals surface area contributed by atoms with E-state index in [0.717, 1.165) is 16.5 Å². The van der Waals surface area contributed by atoms with Gasteiger partial charge in [-0.15, -0.1) is 10.2 Å². The maximum absolute atomic E-state index is 12.0. The second-order valence-corrected chi connectivity index (χ2v) is 8.42. The molecule has 1 aromatic heterocycles. The molecule has 2 rings (SSSR count). The van der Waals surface area contributed by atoms with Crippen LogP contribution in [0.2, 0.25) is 5.02 Å². The van der Waals surface area contributed by atoms with Crippen LogP contribution in [0.15, 0.2) is 26.9 Å². The van der Waals surface area contributed by atoms with Gasteiger partial charge in [0.15, 0.2) is 8.68 Å². The first-order chi connectivity index (χ1) is 11.5. The molecule has 128 valence electrons. The van der Waals surface area contributed by atoms with Crippen LogP contribution in [-0.2, 0) is 4.79 Å². The van der Waals surface area contributed by atoms with Gasteiger partial charge in [-0.25, -0.2) is 0 Å². The molecule has 1 aromatic carbocycles. The number of thioether (sulfide) groups is 2. The molecule has 1 heterocycles. The topological polar surface area (TPSA) is 98.0 Å². The number of carbonyl (C=O) groups excluding carboxylic acids is 1. The summed E-state index contributed by atoms with van der Waals surface area (Å²) < 4.78 is 1.56. The third kappa shape index (κ3) is 5.62. The van der Waals surface area contributed by atoms with Crippen LogP contribution in [0.3, 0.4) is 0 Å². The minimum Gasteiger partial charge on any atom is -0.320 e. The number of halogens is 1. The Morgan fingerprint density at radius 2 is 2.08 bits per heavy atom. The molecule has 1 N–H and O–H groups in total. The highest BCUT2D eigenvalue weighted by atomic mass is 35.5. The number of nitro benzene ring substituents is 1. The van der Waals surface area contributed by atoms with E-state index in [-0.39, 0.29) is 28.1 Å². The zero-order valence-electron chi connectivity index (χ0n) is 12.5. The van der Waals surface area contributed by atoms with Gasteiger partial charge in [0.25, 0.3) is 5.69 Å². The Hall–Kier alpha value is -1.36. The fourth-order valence-electron chi connectivity index (χ4n) is 1.58. The molecule has 2 aromatic rings. The number of hydrogen-bond acceptors (Lipinski definition) is 8. The van der Waals surface area contributed by atoms with E-state index >= 15 is 0 Å². The Kier molecular flexibility index (Phi) is 7.28. The molecule has 0 bridgehead atoms. The standard InChI is InChI=1S/C13H13ClN4O3S3/c1-2-5-22-12-16-17-13(24-12)23-7-11(19)15-9-4-3-8(14)6-10(9)18(20)21/h3-4,6H,2,5,7H2,1H3,(H,15,19). The molecule has 0 spiro atoms. The second kappa shape index (κ2) is 9.21. The van der Waals surface area contributed by atoms with Crippen molar-refractivity contribution in [3.63, 3.8) is 0 Å². The van der Waals surface area contributed by atoms with Gasteiger partial charge in [0, 0.05) is 16.8 Å². The number of carbonyl (C=O) groups is 1. The largest absolute Gasteiger partial charge is 0.320 e. The lowest BCUT2D eigenvalue weighted by molar-refractivity contribution is -0.383. The van der Waals surface area contributed by atoms with Gasteiger partial charge < -0.3 is 5.32 Å². The van der Waals surface area contributed by atoms with Gasteiger partial charge in [-0.05, 0) is 18.6 Å². The Labute approximate surface area is 155 Å². The molecule has 0 atom stereocenters. The van der Waals surface area contributed by atoms with E-state index in [1.807, 2.05) is 0 Å². The number of nitro groups is 1. The average molecular weight is 405 g/mol. The predicted octanol–water partition coefficient (Wildman–Crippen LogP) is 4.33. The molecule has 0 saturated heterocycles. The van der Waals surface area contributed by atoms with Crippen LogP contribution < -0.4 is 5.32 Å². The predicted molar refractivity (Wildman–Crippen MR) is 98.4 cm³/mol. The van der Waals surface area contributed by atoms with Gasteiger partial charge in [-0.3, -0.25) is 14.9 Å². The summed E-state index contributed by atoms with van der Waals surface area (Å²) in [4.78, 5) is 22.4. The van der Waals surface area contributed by atoms with E-state index in [1.165, 1.54) is 41.3 Å². The highest BCUT2D eigenvalue weighted by Gasteiger charge is 2.17. The van der Waals surface area contributed by atoms with Gasteiger partial charge >= 0.3 is 0 Å². The average Bonchev–Trinajstić information content (AvgIpc) is 3.00. The molecule has 11 heteroatoms. The normalized spacial score (nSPS) is 10.6. The molecule has 24 heavy (non-hydrogen) atoms. The van der Waals surface area contributed by atoms with E-state index in [4.69, 9.17) is 11.6 Å².